The van der Waals surface area contributed by atoms with Gasteiger partial charge < -0.3 is 19.3 Å². The maximum atomic E-state index is 15.5. The van der Waals surface area contributed by atoms with Crippen molar-refractivity contribution in [3.63, 3.8) is 0 Å². The van der Waals surface area contributed by atoms with Gasteiger partial charge >= 0.3 is 5.97 Å². The Balaban J connectivity index is 1.35. The zero-order valence-electron chi connectivity index (χ0n) is 20.4. The second-order valence-corrected chi connectivity index (χ2v) is 10.6. The van der Waals surface area contributed by atoms with E-state index in [0.717, 1.165) is 42.7 Å². The predicted octanol–water partition coefficient (Wildman–Crippen LogP) is 5.58. The molecule has 3 aromatic rings. The zero-order valence-corrected chi connectivity index (χ0v) is 21.2. The SMILES string of the molecule is COc1ccc2nccc([C@@H](F)CC[C@@H]3CCN(CCSc4ccn(C)c4)C[C@@H]3CC(=O)O)c2c1. The fourth-order valence-electron chi connectivity index (χ4n) is 5.11. The molecule has 1 aliphatic heterocycles. The zero-order chi connectivity index (χ0) is 24.8. The predicted molar refractivity (Wildman–Crippen MR) is 138 cm³/mol. The van der Waals surface area contributed by atoms with Crippen LogP contribution in [0.1, 0.15) is 37.4 Å². The van der Waals surface area contributed by atoms with Gasteiger partial charge in [0.05, 0.1) is 12.6 Å². The van der Waals surface area contributed by atoms with Crippen LogP contribution < -0.4 is 4.74 Å². The summed E-state index contributed by atoms with van der Waals surface area (Å²) < 4.78 is 22.8. The third kappa shape index (κ3) is 6.76. The van der Waals surface area contributed by atoms with Gasteiger partial charge in [-0.05, 0) is 73.5 Å². The molecule has 3 heterocycles. The highest BCUT2D eigenvalue weighted by atomic mass is 32.2. The Kier molecular flexibility index (Phi) is 8.68. The number of rotatable bonds is 11. The number of likely N-dealkylation sites (tertiary alicyclic amines) is 1. The number of hydrogen-bond donors (Lipinski definition) is 1. The average Bonchev–Trinajstić information content (AvgIpc) is 3.27. The fourth-order valence-corrected chi connectivity index (χ4v) is 6.10. The summed E-state index contributed by atoms with van der Waals surface area (Å²) in [6, 6.07) is 9.37. The van der Waals surface area contributed by atoms with E-state index in [4.69, 9.17) is 4.74 Å². The lowest BCUT2D eigenvalue weighted by molar-refractivity contribution is -0.139. The fraction of sp³-hybridized carbons (Fsp3) is 0.481. The summed E-state index contributed by atoms with van der Waals surface area (Å²) in [6.45, 7) is 2.63. The first-order valence-electron chi connectivity index (χ1n) is 12.2. The number of aliphatic carboxylic acids is 1. The number of fused-ring (bicyclic) bond motifs is 1. The van der Waals surface area contributed by atoms with Gasteiger partial charge in [-0.25, -0.2) is 4.39 Å². The normalized spacial score (nSPS) is 19.6. The standard InChI is InChI=1S/C27H34FN3O3S/c1-30-11-9-22(18-30)35-14-13-31-12-8-19(20(17-31)15-27(32)33)3-5-25(28)23-7-10-29-26-6-4-21(34-2)16-24(23)26/h4,6-7,9-11,16,18-20,25H,3,5,8,12-15,17H2,1-2H3,(H,32,33)/t19-,20+,25+/m1/s1. The lowest BCUT2D eigenvalue weighted by Gasteiger charge is -2.38. The number of benzene rings is 1. The molecule has 1 N–H and O–H groups in total. The summed E-state index contributed by atoms with van der Waals surface area (Å²) in [6.07, 6.45) is 6.78. The van der Waals surface area contributed by atoms with Gasteiger partial charge in [-0.1, -0.05) is 0 Å². The molecule has 2 aromatic heterocycles. The van der Waals surface area contributed by atoms with Crippen molar-refractivity contribution in [2.45, 2.75) is 36.8 Å². The number of alkyl halides is 1. The lowest BCUT2D eigenvalue weighted by atomic mass is 9.79. The van der Waals surface area contributed by atoms with Gasteiger partial charge in [-0.15, -0.1) is 11.8 Å². The molecule has 0 aliphatic carbocycles. The van der Waals surface area contributed by atoms with E-state index in [1.807, 2.05) is 47.8 Å². The molecule has 0 spiro atoms. The summed E-state index contributed by atoms with van der Waals surface area (Å²) in [5.41, 5.74) is 1.37. The Hall–Kier alpha value is -2.58. The molecule has 8 heteroatoms. The molecule has 1 aromatic carbocycles. The van der Waals surface area contributed by atoms with Crippen molar-refractivity contribution >= 4 is 28.6 Å². The number of nitrogens with zero attached hydrogens (tertiary/aromatic N) is 3. The highest BCUT2D eigenvalue weighted by Gasteiger charge is 2.31. The van der Waals surface area contributed by atoms with E-state index in [-0.39, 0.29) is 18.3 Å². The third-order valence-corrected chi connectivity index (χ3v) is 7.97. The van der Waals surface area contributed by atoms with E-state index in [2.05, 4.69) is 22.1 Å². The molecule has 0 bridgehead atoms. The summed E-state index contributed by atoms with van der Waals surface area (Å²) in [7, 11) is 3.61. The minimum Gasteiger partial charge on any atom is -0.497 e. The quantitative estimate of drug-likeness (QED) is 0.348. The highest BCUT2D eigenvalue weighted by Crippen LogP contribution is 2.36. The number of carboxylic acid groups (broad SMARTS) is 1. The minimum atomic E-state index is -1.13. The minimum absolute atomic E-state index is 0.0458. The van der Waals surface area contributed by atoms with Gasteiger partial charge in [0.15, 0.2) is 0 Å². The third-order valence-electron chi connectivity index (χ3n) is 7.00. The number of thioether (sulfide) groups is 1. The number of piperidine rings is 1. The monoisotopic (exact) mass is 499 g/mol. The Morgan fingerprint density at radius 2 is 2.17 bits per heavy atom. The van der Waals surface area contributed by atoms with Crippen molar-refractivity contribution in [3.8, 4) is 5.75 Å². The molecule has 0 saturated carbocycles. The van der Waals surface area contributed by atoms with Gasteiger partial charge in [0.1, 0.15) is 11.9 Å². The van der Waals surface area contributed by atoms with E-state index >= 15 is 4.39 Å². The number of carbonyl (C=O) groups is 1. The first kappa shape index (κ1) is 25.5. The van der Waals surface area contributed by atoms with Crippen molar-refractivity contribution in [2.75, 3.05) is 32.5 Å². The van der Waals surface area contributed by atoms with Crippen LogP contribution in [-0.2, 0) is 11.8 Å². The van der Waals surface area contributed by atoms with Crippen molar-refractivity contribution in [1.82, 2.24) is 14.5 Å². The molecule has 1 saturated heterocycles. The van der Waals surface area contributed by atoms with Crippen LogP contribution in [0.3, 0.4) is 0 Å². The maximum Gasteiger partial charge on any atom is 0.303 e. The van der Waals surface area contributed by atoms with Crippen molar-refractivity contribution in [2.24, 2.45) is 18.9 Å². The van der Waals surface area contributed by atoms with Crippen molar-refractivity contribution < 1.29 is 19.0 Å². The Labute approximate surface area is 210 Å². The number of aromatic nitrogens is 2. The molecular weight excluding hydrogens is 465 g/mol. The lowest BCUT2D eigenvalue weighted by Crippen LogP contribution is -2.42. The van der Waals surface area contributed by atoms with Crippen LogP contribution in [0.25, 0.3) is 10.9 Å². The van der Waals surface area contributed by atoms with E-state index < -0.39 is 12.1 Å². The van der Waals surface area contributed by atoms with Crippen molar-refractivity contribution in [3.05, 3.63) is 54.5 Å². The topological polar surface area (TPSA) is 67.6 Å². The highest BCUT2D eigenvalue weighted by molar-refractivity contribution is 7.99. The van der Waals surface area contributed by atoms with Gasteiger partial charge in [-0.3, -0.25) is 9.78 Å². The Morgan fingerprint density at radius 3 is 2.91 bits per heavy atom. The number of hydrogen-bond acceptors (Lipinski definition) is 5. The van der Waals surface area contributed by atoms with Crippen LogP contribution in [0.4, 0.5) is 4.39 Å². The summed E-state index contributed by atoms with van der Waals surface area (Å²) in [5, 5.41) is 10.3. The summed E-state index contributed by atoms with van der Waals surface area (Å²) in [5.74, 6) is 1.14. The van der Waals surface area contributed by atoms with Crippen LogP contribution in [0.2, 0.25) is 0 Å². The van der Waals surface area contributed by atoms with Gasteiger partial charge in [0, 0.05) is 61.2 Å². The summed E-state index contributed by atoms with van der Waals surface area (Å²) in [4.78, 5) is 19.5. The van der Waals surface area contributed by atoms with E-state index in [9.17, 15) is 9.90 Å². The Bertz CT molecular complexity index is 1140. The van der Waals surface area contributed by atoms with Crippen LogP contribution >= 0.6 is 11.8 Å². The molecule has 3 atom stereocenters. The van der Waals surface area contributed by atoms with Crippen molar-refractivity contribution in [1.29, 1.82) is 0 Å². The second kappa shape index (κ2) is 11.9. The molecule has 0 unspecified atom stereocenters. The van der Waals surface area contributed by atoms with Crippen LogP contribution in [0.15, 0.2) is 53.8 Å². The van der Waals surface area contributed by atoms with E-state index in [0.29, 0.717) is 24.2 Å². The molecular formula is C27H34FN3O3S. The molecule has 0 radical (unpaired) electrons. The largest absolute Gasteiger partial charge is 0.497 e. The molecule has 35 heavy (non-hydrogen) atoms. The Morgan fingerprint density at radius 1 is 1.31 bits per heavy atom. The second-order valence-electron chi connectivity index (χ2n) is 9.40. The number of pyridine rings is 1. The van der Waals surface area contributed by atoms with E-state index in [1.165, 1.54) is 4.90 Å². The number of methoxy groups -OCH3 is 1. The number of halogens is 1. The average molecular weight is 500 g/mol. The van der Waals surface area contributed by atoms with Gasteiger partial charge in [0.2, 0.25) is 0 Å². The van der Waals surface area contributed by atoms with E-state index in [1.54, 1.807) is 19.4 Å². The van der Waals surface area contributed by atoms with Crippen LogP contribution in [0.5, 0.6) is 5.75 Å². The number of aryl methyl sites for hydroxylation is 1. The van der Waals surface area contributed by atoms with Crippen LogP contribution in [-0.4, -0.2) is 58.0 Å². The number of ether oxygens (including phenoxy) is 1. The number of carboxylic acids is 1. The first-order chi connectivity index (χ1) is 16.9. The molecule has 188 valence electrons. The summed E-state index contributed by atoms with van der Waals surface area (Å²) >= 11 is 1.82. The molecule has 6 nitrogen and oxygen atoms in total. The molecule has 4 rings (SSSR count). The smallest absolute Gasteiger partial charge is 0.303 e. The van der Waals surface area contributed by atoms with Gasteiger partial charge in [-0.2, -0.15) is 0 Å². The molecule has 1 aliphatic rings. The molecule has 1 fully saturated rings. The van der Waals surface area contributed by atoms with Gasteiger partial charge in [0.25, 0.3) is 0 Å². The molecule has 0 amide bonds. The first-order valence-corrected chi connectivity index (χ1v) is 13.2. The maximum absolute atomic E-state index is 15.5. The van der Waals surface area contributed by atoms with Crippen LogP contribution in [0, 0.1) is 11.8 Å².